The second kappa shape index (κ2) is 5.23. The van der Waals surface area contributed by atoms with Crippen LogP contribution in [0.25, 0.3) is 0 Å². The standard InChI is InChI=1S/C11H14FNO2S/c1-16(14,15)11-4-2-3-9(7-11)5-6-10(12)8-13/h2-4,6-7H,5,8,13H2,1H3/b10-6-. The fourth-order valence-corrected chi connectivity index (χ4v) is 1.91. The molecule has 0 heterocycles. The molecule has 1 aromatic carbocycles. The van der Waals surface area contributed by atoms with Gasteiger partial charge in [-0.1, -0.05) is 12.1 Å². The van der Waals surface area contributed by atoms with Crippen LogP contribution in [0.4, 0.5) is 4.39 Å². The number of hydrogen-bond acceptors (Lipinski definition) is 3. The molecule has 0 unspecified atom stereocenters. The highest BCUT2D eigenvalue weighted by molar-refractivity contribution is 7.90. The van der Waals surface area contributed by atoms with E-state index in [1.165, 1.54) is 18.2 Å². The first-order chi connectivity index (χ1) is 7.43. The zero-order chi connectivity index (χ0) is 12.2. The van der Waals surface area contributed by atoms with Crippen LogP contribution < -0.4 is 5.73 Å². The number of nitrogens with two attached hydrogens (primary N) is 1. The third-order valence-corrected chi connectivity index (χ3v) is 3.19. The predicted molar refractivity (Wildman–Crippen MR) is 61.5 cm³/mol. The smallest absolute Gasteiger partial charge is 0.175 e. The van der Waals surface area contributed by atoms with E-state index >= 15 is 0 Å². The van der Waals surface area contributed by atoms with Crippen LogP contribution in [0.2, 0.25) is 0 Å². The van der Waals surface area contributed by atoms with Gasteiger partial charge < -0.3 is 5.73 Å². The third-order valence-electron chi connectivity index (χ3n) is 2.08. The molecule has 0 aliphatic rings. The van der Waals surface area contributed by atoms with Gasteiger partial charge in [0.1, 0.15) is 5.83 Å². The van der Waals surface area contributed by atoms with Crippen molar-refractivity contribution in [1.82, 2.24) is 0 Å². The molecule has 0 aliphatic carbocycles. The molecule has 5 heteroatoms. The minimum Gasteiger partial charge on any atom is -0.325 e. The molecule has 0 atom stereocenters. The summed E-state index contributed by atoms with van der Waals surface area (Å²) < 4.78 is 35.3. The molecule has 0 fully saturated rings. The zero-order valence-corrected chi connectivity index (χ0v) is 9.80. The number of allylic oxidation sites excluding steroid dienone is 1. The molecule has 1 rings (SSSR count). The minimum atomic E-state index is -3.21. The Morgan fingerprint density at radius 1 is 1.50 bits per heavy atom. The predicted octanol–water partition coefficient (Wildman–Crippen LogP) is 1.44. The Kier molecular flexibility index (Phi) is 4.20. The van der Waals surface area contributed by atoms with Crippen LogP contribution >= 0.6 is 0 Å². The number of hydrogen-bond donors (Lipinski definition) is 1. The molecule has 3 nitrogen and oxygen atoms in total. The van der Waals surface area contributed by atoms with Crippen molar-refractivity contribution in [2.45, 2.75) is 11.3 Å². The fourth-order valence-electron chi connectivity index (χ4n) is 1.22. The molecule has 0 saturated carbocycles. The van der Waals surface area contributed by atoms with Gasteiger partial charge in [0.15, 0.2) is 9.84 Å². The van der Waals surface area contributed by atoms with Crippen molar-refractivity contribution in [3.05, 3.63) is 41.7 Å². The van der Waals surface area contributed by atoms with Crippen molar-refractivity contribution >= 4 is 9.84 Å². The zero-order valence-electron chi connectivity index (χ0n) is 8.98. The third kappa shape index (κ3) is 3.75. The Labute approximate surface area is 94.7 Å². The summed E-state index contributed by atoms with van der Waals surface area (Å²) in [5.41, 5.74) is 5.84. The molecule has 0 aliphatic heterocycles. The average molecular weight is 243 g/mol. The van der Waals surface area contributed by atoms with Crippen LogP contribution in [-0.2, 0) is 16.3 Å². The second-order valence-corrected chi connectivity index (χ2v) is 5.49. The lowest BCUT2D eigenvalue weighted by Gasteiger charge is -2.01. The summed E-state index contributed by atoms with van der Waals surface area (Å²) in [5, 5.41) is 0. The van der Waals surface area contributed by atoms with Gasteiger partial charge in [-0.05, 0) is 30.2 Å². The summed E-state index contributed by atoms with van der Waals surface area (Å²) in [6.07, 6.45) is 2.83. The summed E-state index contributed by atoms with van der Waals surface area (Å²) in [6, 6.07) is 6.44. The maximum atomic E-state index is 12.8. The number of halogens is 1. The Bertz CT molecular complexity index is 494. The summed E-state index contributed by atoms with van der Waals surface area (Å²) in [5.74, 6) is -0.398. The lowest BCUT2D eigenvalue weighted by Crippen LogP contribution is -2.00. The Morgan fingerprint density at radius 2 is 2.19 bits per heavy atom. The topological polar surface area (TPSA) is 60.2 Å². The quantitative estimate of drug-likeness (QED) is 0.870. The maximum absolute atomic E-state index is 12.8. The van der Waals surface area contributed by atoms with E-state index in [1.807, 2.05) is 0 Å². The van der Waals surface area contributed by atoms with Crippen LogP contribution in [0.5, 0.6) is 0 Å². The van der Waals surface area contributed by atoms with E-state index in [0.29, 0.717) is 6.42 Å². The Morgan fingerprint density at radius 3 is 2.75 bits per heavy atom. The summed E-state index contributed by atoms with van der Waals surface area (Å²) in [4.78, 5) is 0.242. The number of benzene rings is 1. The lowest BCUT2D eigenvalue weighted by molar-refractivity contribution is 0.602. The van der Waals surface area contributed by atoms with Gasteiger partial charge in [-0.25, -0.2) is 12.8 Å². The highest BCUT2D eigenvalue weighted by atomic mass is 32.2. The van der Waals surface area contributed by atoms with E-state index < -0.39 is 15.7 Å². The van der Waals surface area contributed by atoms with Gasteiger partial charge in [-0.15, -0.1) is 0 Å². The highest BCUT2D eigenvalue weighted by Gasteiger charge is 2.06. The van der Waals surface area contributed by atoms with Crippen molar-refractivity contribution in [3.8, 4) is 0 Å². The van der Waals surface area contributed by atoms with Crippen LogP contribution in [0.15, 0.2) is 41.1 Å². The first-order valence-electron chi connectivity index (χ1n) is 4.77. The van der Waals surface area contributed by atoms with E-state index in [9.17, 15) is 12.8 Å². The van der Waals surface area contributed by atoms with Crippen molar-refractivity contribution in [2.75, 3.05) is 12.8 Å². The normalized spacial score (nSPS) is 12.8. The molecule has 0 saturated heterocycles. The van der Waals surface area contributed by atoms with E-state index in [2.05, 4.69) is 0 Å². The Balaban J connectivity index is 2.92. The monoisotopic (exact) mass is 243 g/mol. The summed E-state index contributed by atoms with van der Waals surface area (Å²) in [6.45, 7) is -0.133. The first-order valence-corrected chi connectivity index (χ1v) is 6.66. The molecule has 0 amide bonds. The second-order valence-electron chi connectivity index (χ2n) is 3.48. The van der Waals surface area contributed by atoms with Gasteiger partial charge in [-0.3, -0.25) is 0 Å². The summed E-state index contributed by atoms with van der Waals surface area (Å²) in [7, 11) is -3.21. The van der Waals surface area contributed by atoms with Crippen LogP contribution in [0.1, 0.15) is 5.56 Å². The van der Waals surface area contributed by atoms with Crippen molar-refractivity contribution < 1.29 is 12.8 Å². The van der Waals surface area contributed by atoms with Gasteiger partial charge in [0.2, 0.25) is 0 Å². The van der Waals surface area contributed by atoms with Crippen LogP contribution in [0, 0.1) is 0 Å². The van der Waals surface area contributed by atoms with Gasteiger partial charge in [0.25, 0.3) is 0 Å². The van der Waals surface area contributed by atoms with Crippen molar-refractivity contribution in [1.29, 1.82) is 0 Å². The minimum absolute atomic E-state index is 0.133. The van der Waals surface area contributed by atoms with Gasteiger partial charge >= 0.3 is 0 Å². The van der Waals surface area contributed by atoms with Crippen molar-refractivity contribution in [2.24, 2.45) is 5.73 Å². The van der Waals surface area contributed by atoms with E-state index in [4.69, 9.17) is 5.73 Å². The molecule has 0 spiro atoms. The first kappa shape index (κ1) is 12.9. The van der Waals surface area contributed by atoms with Crippen molar-refractivity contribution in [3.63, 3.8) is 0 Å². The van der Waals surface area contributed by atoms with Gasteiger partial charge in [0.05, 0.1) is 4.90 Å². The van der Waals surface area contributed by atoms with E-state index in [1.54, 1.807) is 12.1 Å². The SMILES string of the molecule is CS(=O)(=O)c1cccc(C/C=C(\F)CN)c1. The molecule has 0 aromatic heterocycles. The molecule has 0 radical (unpaired) electrons. The molecule has 16 heavy (non-hydrogen) atoms. The largest absolute Gasteiger partial charge is 0.325 e. The molecular weight excluding hydrogens is 229 g/mol. The summed E-state index contributed by atoms with van der Waals surface area (Å²) >= 11 is 0. The molecule has 88 valence electrons. The Hall–Kier alpha value is -1.20. The van der Waals surface area contributed by atoms with Crippen LogP contribution in [0.3, 0.4) is 0 Å². The molecule has 1 aromatic rings. The van der Waals surface area contributed by atoms with E-state index in [-0.39, 0.29) is 11.4 Å². The van der Waals surface area contributed by atoms with Crippen LogP contribution in [-0.4, -0.2) is 21.2 Å². The number of rotatable bonds is 4. The number of sulfone groups is 1. The highest BCUT2D eigenvalue weighted by Crippen LogP contribution is 2.12. The lowest BCUT2D eigenvalue weighted by atomic mass is 10.1. The molecule has 0 bridgehead atoms. The molecular formula is C11H14FNO2S. The van der Waals surface area contributed by atoms with Gasteiger partial charge in [-0.2, -0.15) is 0 Å². The maximum Gasteiger partial charge on any atom is 0.175 e. The average Bonchev–Trinajstić information content (AvgIpc) is 2.25. The van der Waals surface area contributed by atoms with Gasteiger partial charge in [0, 0.05) is 12.8 Å². The van der Waals surface area contributed by atoms with E-state index in [0.717, 1.165) is 11.8 Å². The fraction of sp³-hybridized carbons (Fsp3) is 0.273. The molecule has 2 N–H and O–H groups in total.